The van der Waals surface area contributed by atoms with Crippen LogP contribution in [0.15, 0.2) is 66.0 Å². The van der Waals surface area contributed by atoms with Crippen LogP contribution in [0.1, 0.15) is 18.4 Å². The minimum absolute atomic E-state index is 0.0446. The lowest BCUT2D eigenvalue weighted by molar-refractivity contribution is -0.113. The van der Waals surface area contributed by atoms with E-state index in [-0.39, 0.29) is 11.4 Å². The first-order valence-corrected chi connectivity index (χ1v) is 11.5. The molecular formula is C24H24F2N4OS. The molecule has 1 aliphatic rings. The number of halogens is 2. The van der Waals surface area contributed by atoms with E-state index in [4.69, 9.17) is 0 Å². The normalized spacial score (nSPS) is 14.4. The second-order valence-electron chi connectivity index (χ2n) is 7.77. The van der Waals surface area contributed by atoms with Crippen molar-refractivity contribution in [3.05, 3.63) is 78.1 Å². The fraction of sp³-hybridized carbons (Fsp3) is 0.292. The SMILES string of the molecule is O=C(CSc1nccnc1N1CCC(Cc2ccccc2)CC1)Nc1ccc(F)cc1F. The lowest BCUT2D eigenvalue weighted by Crippen LogP contribution is -2.35. The lowest BCUT2D eigenvalue weighted by atomic mass is 9.90. The van der Waals surface area contributed by atoms with Gasteiger partial charge in [0.2, 0.25) is 5.91 Å². The van der Waals surface area contributed by atoms with Crippen LogP contribution in [0.4, 0.5) is 20.3 Å². The third-order valence-electron chi connectivity index (χ3n) is 5.47. The van der Waals surface area contributed by atoms with Crippen LogP contribution in [-0.4, -0.2) is 34.7 Å². The van der Waals surface area contributed by atoms with Crippen molar-refractivity contribution in [1.82, 2.24) is 9.97 Å². The number of thioether (sulfide) groups is 1. The number of amides is 1. The fourth-order valence-corrected chi connectivity index (χ4v) is 4.63. The molecule has 0 atom stereocenters. The molecule has 8 heteroatoms. The van der Waals surface area contributed by atoms with E-state index in [1.807, 2.05) is 6.07 Å². The highest BCUT2D eigenvalue weighted by Crippen LogP contribution is 2.30. The average molecular weight is 455 g/mol. The minimum atomic E-state index is -0.804. The Balaban J connectivity index is 1.32. The maximum atomic E-state index is 13.8. The van der Waals surface area contributed by atoms with Gasteiger partial charge in [0.1, 0.15) is 16.7 Å². The molecule has 0 bridgehead atoms. The molecule has 1 saturated heterocycles. The summed E-state index contributed by atoms with van der Waals surface area (Å²) in [6, 6.07) is 13.6. The zero-order valence-electron chi connectivity index (χ0n) is 17.5. The number of carbonyl (C=O) groups is 1. The van der Waals surface area contributed by atoms with Gasteiger partial charge in [-0.2, -0.15) is 0 Å². The van der Waals surface area contributed by atoms with Crippen molar-refractivity contribution in [2.75, 3.05) is 29.1 Å². The van der Waals surface area contributed by atoms with Gasteiger partial charge in [0.15, 0.2) is 5.82 Å². The van der Waals surface area contributed by atoms with Crippen LogP contribution in [0.3, 0.4) is 0 Å². The number of nitrogens with one attached hydrogen (secondary N) is 1. The van der Waals surface area contributed by atoms with Crippen LogP contribution in [0.25, 0.3) is 0 Å². The van der Waals surface area contributed by atoms with E-state index in [2.05, 4.69) is 44.5 Å². The monoisotopic (exact) mass is 454 g/mol. The maximum absolute atomic E-state index is 13.8. The van der Waals surface area contributed by atoms with E-state index < -0.39 is 17.5 Å². The first-order chi connectivity index (χ1) is 15.6. The van der Waals surface area contributed by atoms with Crippen molar-refractivity contribution in [3.63, 3.8) is 0 Å². The standard InChI is InChI=1S/C24H24F2N4OS/c25-19-6-7-21(20(26)15-19)29-22(31)16-32-24-23(27-10-11-28-24)30-12-8-18(9-13-30)14-17-4-2-1-3-5-17/h1-7,10-11,15,18H,8-9,12-14,16H2,(H,29,31). The Morgan fingerprint density at radius 1 is 1.06 bits per heavy atom. The molecule has 3 aromatic rings. The zero-order valence-corrected chi connectivity index (χ0v) is 18.3. The van der Waals surface area contributed by atoms with Crippen LogP contribution in [-0.2, 0) is 11.2 Å². The first kappa shape index (κ1) is 22.2. The Kier molecular flexibility index (Phi) is 7.32. The van der Waals surface area contributed by atoms with Crippen molar-refractivity contribution < 1.29 is 13.6 Å². The largest absolute Gasteiger partial charge is 0.354 e. The second kappa shape index (κ2) is 10.5. The van der Waals surface area contributed by atoms with Crippen LogP contribution in [0, 0.1) is 17.6 Å². The van der Waals surface area contributed by atoms with Crippen molar-refractivity contribution in [3.8, 4) is 0 Å². The highest BCUT2D eigenvalue weighted by Gasteiger charge is 2.23. The van der Waals surface area contributed by atoms with Crippen LogP contribution < -0.4 is 10.2 Å². The summed E-state index contributed by atoms with van der Waals surface area (Å²) < 4.78 is 26.8. The van der Waals surface area contributed by atoms with Crippen molar-refractivity contribution >= 4 is 29.2 Å². The number of anilines is 2. The molecule has 0 aliphatic carbocycles. The van der Waals surface area contributed by atoms with Gasteiger partial charge in [-0.3, -0.25) is 4.79 Å². The molecule has 0 radical (unpaired) electrons. The van der Waals surface area contributed by atoms with Gasteiger partial charge < -0.3 is 10.2 Å². The van der Waals surface area contributed by atoms with Gasteiger partial charge in [-0.05, 0) is 42.9 Å². The number of aromatic nitrogens is 2. The Morgan fingerprint density at radius 2 is 1.81 bits per heavy atom. The van der Waals surface area contributed by atoms with Crippen molar-refractivity contribution in [1.29, 1.82) is 0 Å². The summed E-state index contributed by atoms with van der Waals surface area (Å²) in [7, 11) is 0. The maximum Gasteiger partial charge on any atom is 0.234 e. The highest BCUT2D eigenvalue weighted by atomic mass is 32.2. The number of carbonyl (C=O) groups excluding carboxylic acids is 1. The van der Waals surface area contributed by atoms with Gasteiger partial charge in [-0.15, -0.1) is 0 Å². The summed E-state index contributed by atoms with van der Waals surface area (Å²) >= 11 is 1.26. The third-order valence-corrected chi connectivity index (χ3v) is 6.44. The van der Waals surface area contributed by atoms with Crippen LogP contribution in [0.5, 0.6) is 0 Å². The molecule has 0 saturated carbocycles. The summed E-state index contributed by atoms with van der Waals surface area (Å²) in [5.74, 6) is -0.422. The molecule has 2 aromatic carbocycles. The van der Waals surface area contributed by atoms with E-state index in [9.17, 15) is 13.6 Å². The predicted molar refractivity (Wildman–Crippen MR) is 123 cm³/mol. The van der Waals surface area contributed by atoms with Gasteiger partial charge in [-0.1, -0.05) is 42.1 Å². The van der Waals surface area contributed by atoms with E-state index in [1.54, 1.807) is 12.4 Å². The average Bonchev–Trinajstić information content (AvgIpc) is 2.81. The van der Waals surface area contributed by atoms with Crippen molar-refractivity contribution in [2.45, 2.75) is 24.3 Å². The second-order valence-corrected chi connectivity index (χ2v) is 8.73. The van der Waals surface area contributed by atoms with Gasteiger partial charge in [0, 0.05) is 31.5 Å². The topological polar surface area (TPSA) is 58.1 Å². The fourth-order valence-electron chi connectivity index (χ4n) is 3.84. The molecule has 1 fully saturated rings. The molecule has 4 rings (SSSR count). The number of hydrogen-bond acceptors (Lipinski definition) is 5. The summed E-state index contributed by atoms with van der Waals surface area (Å²) in [5.41, 5.74) is 1.32. The summed E-state index contributed by atoms with van der Waals surface area (Å²) in [5, 5.41) is 3.14. The van der Waals surface area contributed by atoms with Gasteiger partial charge in [0.25, 0.3) is 0 Å². The molecule has 1 aliphatic heterocycles. The van der Waals surface area contributed by atoms with Gasteiger partial charge >= 0.3 is 0 Å². The zero-order chi connectivity index (χ0) is 22.3. The smallest absolute Gasteiger partial charge is 0.234 e. The Bertz CT molecular complexity index is 1060. The summed E-state index contributed by atoms with van der Waals surface area (Å²) in [6.45, 7) is 1.77. The quantitative estimate of drug-likeness (QED) is 0.512. The van der Waals surface area contributed by atoms with E-state index in [0.717, 1.165) is 50.3 Å². The molecule has 0 unspecified atom stereocenters. The van der Waals surface area contributed by atoms with E-state index in [1.165, 1.54) is 23.4 Å². The van der Waals surface area contributed by atoms with E-state index in [0.29, 0.717) is 10.9 Å². The third kappa shape index (κ3) is 5.82. The number of piperidine rings is 1. The highest BCUT2D eigenvalue weighted by molar-refractivity contribution is 8.00. The lowest BCUT2D eigenvalue weighted by Gasteiger charge is -2.33. The molecular weight excluding hydrogens is 430 g/mol. The van der Waals surface area contributed by atoms with Crippen molar-refractivity contribution in [2.24, 2.45) is 5.92 Å². The van der Waals surface area contributed by atoms with E-state index >= 15 is 0 Å². The Hall–Kier alpha value is -3.00. The molecule has 0 spiro atoms. The Morgan fingerprint density at radius 3 is 2.56 bits per heavy atom. The van der Waals surface area contributed by atoms with Gasteiger partial charge in [0.05, 0.1) is 11.4 Å². The molecule has 5 nitrogen and oxygen atoms in total. The number of hydrogen-bond donors (Lipinski definition) is 1. The number of rotatable bonds is 7. The number of nitrogens with zero attached hydrogens (tertiary/aromatic N) is 3. The molecule has 1 aromatic heterocycles. The molecule has 32 heavy (non-hydrogen) atoms. The summed E-state index contributed by atoms with van der Waals surface area (Å²) in [6.07, 6.45) is 6.48. The molecule has 1 N–H and O–H groups in total. The number of benzene rings is 2. The molecule has 2 heterocycles. The predicted octanol–water partition coefficient (Wildman–Crippen LogP) is 4.94. The van der Waals surface area contributed by atoms with Crippen LogP contribution >= 0.6 is 11.8 Å². The molecule has 1 amide bonds. The summed E-state index contributed by atoms with van der Waals surface area (Å²) in [4.78, 5) is 23.4. The molecule has 166 valence electrons. The van der Waals surface area contributed by atoms with Gasteiger partial charge in [-0.25, -0.2) is 18.7 Å². The Labute approximate surface area is 190 Å². The minimum Gasteiger partial charge on any atom is -0.354 e. The van der Waals surface area contributed by atoms with Crippen LogP contribution in [0.2, 0.25) is 0 Å². The first-order valence-electron chi connectivity index (χ1n) is 10.6.